The lowest BCUT2D eigenvalue weighted by Gasteiger charge is -2.12. The first-order valence-corrected chi connectivity index (χ1v) is 7.28. The minimum Gasteiger partial charge on any atom is -0.476 e. The summed E-state index contributed by atoms with van der Waals surface area (Å²) >= 11 is 0. The maximum absolute atomic E-state index is 11.5. The fourth-order valence-corrected chi connectivity index (χ4v) is 2.43. The molecule has 0 saturated heterocycles. The van der Waals surface area contributed by atoms with E-state index >= 15 is 0 Å². The summed E-state index contributed by atoms with van der Waals surface area (Å²) in [5.74, 6) is -0.998. The molecule has 0 bridgehead atoms. The van der Waals surface area contributed by atoms with Crippen LogP contribution < -0.4 is 10.5 Å². The molecule has 8 heteroatoms. The topological polar surface area (TPSA) is 89.9 Å². The molecule has 3 rings (SSSR count). The van der Waals surface area contributed by atoms with Crippen LogP contribution in [0.4, 0.5) is 0 Å². The van der Waals surface area contributed by atoms with E-state index in [4.69, 9.17) is 10.5 Å². The Bertz CT molecular complexity index is 824. The third-order valence-electron chi connectivity index (χ3n) is 3.48. The number of halogens is 2. The van der Waals surface area contributed by atoms with Crippen LogP contribution in [0.15, 0.2) is 54.7 Å². The molecule has 0 fully saturated rings. The quantitative estimate of drug-likeness (QED) is 0.682. The molecule has 134 valence electrons. The van der Waals surface area contributed by atoms with Crippen molar-refractivity contribution < 1.29 is 14.6 Å². The highest BCUT2D eigenvalue weighted by atomic mass is 35.5. The first-order valence-electron chi connectivity index (χ1n) is 7.28. The van der Waals surface area contributed by atoms with E-state index in [1.807, 2.05) is 30.3 Å². The number of ether oxygens (including phenoxy) is 1. The Morgan fingerprint density at radius 3 is 2.52 bits per heavy atom. The molecule has 0 amide bonds. The van der Waals surface area contributed by atoms with Gasteiger partial charge in [0.1, 0.15) is 12.3 Å². The van der Waals surface area contributed by atoms with Gasteiger partial charge in [0.25, 0.3) is 0 Å². The van der Waals surface area contributed by atoms with Crippen LogP contribution in [0.2, 0.25) is 0 Å². The van der Waals surface area contributed by atoms with Crippen molar-refractivity contribution in [3.63, 3.8) is 0 Å². The van der Waals surface area contributed by atoms with Crippen molar-refractivity contribution in [1.29, 1.82) is 0 Å². The fraction of sp³-hybridized carbons (Fsp3) is 0.176. The number of hydrogen-bond donors (Lipinski definition) is 2. The molecule has 6 nitrogen and oxygen atoms in total. The second-order valence-corrected chi connectivity index (χ2v) is 5.26. The van der Waals surface area contributed by atoms with Gasteiger partial charge in [0.05, 0.1) is 0 Å². The van der Waals surface area contributed by atoms with E-state index in [1.165, 1.54) is 4.40 Å². The lowest BCUT2D eigenvalue weighted by atomic mass is 10.1. The Hall–Kier alpha value is -2.28. The summed E-state index contributed by atoms with van der Waals surface area (Å²) in [6.07, 6.45) is 2.29. The SMILES string of the molecule is Cl.Cl.NC(COc1nc2ccccn2c1C(=O)O)Cc1ccccc1. The monoisotopic (exact) mass is 383 g/mol. The van der Waals surface area contributed by atoms with Crippen LogP contribution in [0.5, 0.6) is 5.88 Å². The van der Waals surface area contributed by atoms with E-state index in [-0.39, 0.29) is 49.0 Å². The Labute approximate surface area is 157 Å². The predicted molar refractivity (Wildman–Crippen MR) is 100 cm³/mol. The van der Waals surface area contributed by atoms with Gasteiger partial charge in [0, 0.05) is 12.2 Å². The summed E-state index contributed by atoms with van der Waals surface area (Å²) in [6, 6.07) is 14.8. The van der Waals surface area contributed by atoms with E-state index in [1.54, 1.807) is 24.4 Å². The molecule has 0 spiro atoms. The third-order valence-corrected chi connectivity index (χ3v) is 3.48. The number of pyridine rings is 1. The highest BCUT2D eigenvalue weighted by Crippen LogP contribution is 2.20. The summed E-state index contributed by atoms with van der Waals surface area (Å²) < 4.78 is 7.07. The van der Waals surface area contributed by atoms with Crippen molar-refractivity contribution in [3.8, 4) is 5.88 Å². The van der Waals surface area contributed by atoms with Gasteiger partial charge in [0.15, 0.2) is 5.69 Å². The van der Waals surface area contributed by atoms with Gasteiger partial charge < -0.3 is 15.6 Å². The number of nitrogens with zero attached hydrogens (tertiary/aromatic N) is 2. The van der Waals surface area contributed by atoms with E-state index in [2.05, 4.69) is 4.98 Å². The van der Waals surface area contributed by atoms with E-state index in [0.29, 0.717) is 12.1 Å². The Kier molecular flexibility index (Phi) is 7.70. The van der Waals surface area contributed by atoms with Crippen molar-refractivity contribution in [2.24, 2.45) is 5.73 Å². The van der Waals surface area contributed by atoms with Crippen LogP contribution >= 0.6 is 24.8 Å². The zero-order valence-electron chi connectivity index (χ0n) is 13.2. The summed E-state index contributed by atoms with van der Waals surface area (Å²) in [5, 5.41) is 9.38. The predicted octanol–water partition coefficient (Wildman–Crippen LogP) is 2.82. The van der Waals surface area contributed by atoms with Gasteiger partial charge in [-0.3, -0.25) is 4.40 Å². The number of benzene rings is 1. The zero-order valence-corrected chi connectivity index (χ0v) is 14.9. The molecule has 25 heavy (non-hydrogen) atoms. The second-order valence-electron chi connectivity index (χ2n) is 5.26. The van der Waals surface area contributed by atoms with Crippen LogP contribution in [-0.4, -0.2) is 33.1 Å². The lowest BCUT2D eigenvalue weighted by Crippen LogP contribution is -2.30. The average molecular weight is 384 g/mol. The number of rotatable bonds is 6. The smallest absolute Gasteiger partial charge is 0.358 e. The first kappa shape index (κ1) is 20.8. The van der Waals surface area contributed by atoms with Gasteiger partial charge in [-0.15, -0.1) is 24.8 Å². The van der Waals surface area contributed by atoms with Gasteiger partial charge in [-0.25, -0.2) is 4.79 Å². The van der Waals surface area contributed by atoms with Gasteiger partial charge >= 0.3 is 5.97 Å². The number of carbonyl (C=O) groups is 1. The number of hydrogen-bond acceptors (Lipinski definition) is 4. The number of carboxylic acid groups (broad SMARTS) is 1. The highest BCUT2D eigenvalue weighted by Gasteiger charge is 2.20. The van der Waals surface area contributed by atoms with Gasteiger partial charge in [-0.2, -0.15) is 4.98 Å². The summed E-state index contributed by atoms with van der Waals surface area (Å²) in [7, 11) is 0. The lowest BCUT2D eigenvalue weighted by molar-refractivity contribution is 0.0683. The molecule has 1 aromatic carbocycles. The largest absolute Gasteiger partial charge is 0.476 e. The number of aromatic nitrogens is 2. The van der Waals surface area contributed by atoms with E-state index in [0.717, 1.165) is 5.56 Å². The number of imidazole rings is 1. The molecule has 2 aromatic heterocycles. The van der Waals surface area contributed by atoms with Crippen LogP contribution in [0.1, 0.15) is 16.1 Å². The number of aromatic carboxylic acids is 1. The minimum absolute atomic E-state index is 0. The van der Waals surface area contributed by atoms with Crippen LogP contribution in [0.3, 0.4) is 0 Å². The molecule has 0 aliphatic rings. The van der Waals surface area contributed by atoms with Crippen molar-refractivity contribution in [1.82, 2.24) is 9.38 Å². The number of nitrogens with two attached hydrogens (primary N) is 1. The van der Waals surface area contributed by atoms with Crippen LogP contribution in [0, 0.1) is 0 Å². The normalized spacial score (nSPS) is 11.2. The standard InChI is InChI=1S/C17H17N3O3.2ClH/c18-13(10-12-6-2-1-3-7-12)11-23-16-15(17(21)22)20-9-5-4-8-14(20)19-16;;/h1-9,13H,10-11,18H2,(H,21,22);2*1H. The summed E-state index contributed by atoms with van der Waals surface area (Å²) in [5.41, 5.74) is 7.71. The molecular weight excluding hydrogens is 365 g/mol. The van der Waals surface area contributed by atoms with Crippen LogP contribution in [0.25, 0.3) is 5.65 Å². The molecular formula is C17H19Cl2N3O3. The summed E-state index contributed by atoms with van der Waals surface area (Å²) in [6.45, 7) is 0.194. The van der Waals surface area contributed by atoms with Crippen molar-refractivity contribution >= 4 is 36.4 Å². The molecule has 3 aromatic rings. The van der Waals surface area contributed by atoms with Crippen molar-refractivity contribution in [2.75, 3.05) is 6.61 Å². The average Bonchev–Trinajstić information content (AvgIpc) is 2.92. The number of carboxylic acids is 1. The fourth-order valence-electron chi connectivity index (χ4n) is 2.43. The molecule has 3 N–H and O–H groups in total. The molecule has 0 radical (unpaired) electrons. The van der Waals surface area contributed by atoms with E-state index in [9.17, 15) is 9.90 Å². The molecule has 0 aliphatic heterocycles. The third kappa shape index (κ3) is 4.85. The molecule has 0 aliphatic carbocycles. The van der Waals surface area contributed by atoms with Crippen LogP contribution in [-0.2, 0) is 6.42 Å². The maximum atomic E-state index is 11.5. The molecule has 1 unspecified atom stereocenters. The molecule has 2 heterocycles. The van der Waals surface area contributed by atoms with Gasteiger partial charge in [-0.1, -0.05) is 36.4 Å². The Morgan fingerprint density at radius 1 is 1.16 bits per heavy atom. The second kappa shape index (κ2) is 9.27. The van der Waals surface area contributed by atoms with Crippen molar-refractivity contribution in [3.05, 3.63) is 66.0 Å². The molecule has 0 saturated carbocycles. The Balaban J connectivity index is 0.00000156. The summed E-state index contributed by atoms with van der Waals surface area (Å²) in [4.78, 5) is 15.7. The van der Waals surface area contributed by atoms with Gasteiger partial charge in [0.2, 0.25) is 5.88 Å². The maximum Gasteiger partial charge on any atom is 0.358 e. The minimum atomic E-state index is -1.09. The Morgan fingerprint density at radius 2 is 1.84 bits per heavy atom. The van der Waals surface area contributed by atoms with Gasteiger partial charge in [-0.05, 0) is 24.1 Å². The molecule has 1 atom stereocenters. The zero-order chi connectivity index (χ0) is 16.2. The van der Waals surface area contributed by atoms with E-state index < -0.39 is 5.97 Å². The van der Waals surface area contributed by atoms with Crippen molar-refractivity contribution in [2.45, 2.75) is 12.5 Å². The highest BCUT2D eigenvalue weighted by molar-refractivity contribution is 5.89. The number of fused-ring (bicyclic) bond motifs is 1. The first-order chi connectivity index (χ1) is 11.1.